The van der Waals surface area contributed by atoms with Gasteiger partial charge in [-0.3, -0.25) is 0 Å². The monoisotopic (exact) mass is 212 g/mol. The number of hydrogen-bond acceptors (Lipinski definition) is 2. The van der Waals surface area contributed by atoms with Crippen molar-refractivity contribution in [3.8, 4) is 0 Å². The van der Waals surface area contributed by atoms with Crippen molar-refractivity contribution in [1.29, 1.82) is 0 Å². The summed E-state index contributed by atoms with van der Waals surface area (Å²) in [5.41, 5.74) is 1.24. The van der Waals surface area contributed by atoms with Crippen LogP contribution in [0.25, 0.3) is 0 Å². The fourth-order valence-corrected chi connectivity index (χ4v) is 1.87. The van der Waals surface area contributed by atoms with Crippen molar-refractivity contribution in [2.24, 2.45) is 0 Å². The number of aryl methyl sites for hydroxylation is 1. The number of carbonyl (C=O) groups is 1. The summed E-state index contributed by atoms with van der Waals surface area (Å²) in [7, 11) is 1.79. The van der Waals surface area contributed by atoms with Crippen molar-refractivity contribution in [3.63, 3.8) is 0 Å². The minimum atomic E-state index is -0.0136. The largest absolute Gasteiger partial charge is 0.333 e. The minimum Gasteiger partial charge on any atom is -0.333 e. The van der Waals surface area contributed by atoms with E-state index in [1.165, 1.54) is 10.4 Å². The lowest BCUT2D eigenvalue weighted by Crippen LogP contribution is -2.36. The van der Waals surface area contributed by atoms with Crippen LogP contribution < -0.4 is 5.32 Å². The highest BCUT2D eigenvalue weighted by molar-refractivity contribution is 7.10. The molecule has 1 aromatic heterocycles. The van der Waals surface area contributed by atoms with Crippen molar-refractivity contribution < 1.29 is 4.79 Å². The van der Waals surface area contributed by atoms with E-state index in [1.807, 2.05) is 12.3 Å². The number of nitrogens with one attached hydrogen (secondary N) is 1. The van der Waals surface area contributed by atoms with Crippen LogP contribution in [-0.2, 0) is 6.54 Å². The van der Waals surface area contributed by atoms with E-state index < -0.39 is 0 Å². The SMILES string of the molecule is CCN(C)C(=O)NCc1sccc1C. The molecule has 0 radical (unpaired) electrons. The van der Waals surface area contributed by atoms with Crippen LogP contribution in [0.3, 0.4) is 0 Å². The Labute approximate surface area is 88.7 Å². The van der Waals surface area contributed by atoms with Crippen LogP contribution in [0.4, 0.5) is 4.79 Å². The zero-order valence-electron chi connectivity index (χ0n) is 8.83. The number of carbonyl (C=O) groups excluding carboxylic acids is 1. The fourth-order valence-electron chi connectivity index (χ4n) is 1.02. The molecule has 0 unspecified atom stereocenters. The predicted molar refractivity (Wildman–Crippen MR) is 59.6 cm³/mol. The van der Waals surface area contributed by atoms with E-state index in [2.05, 4.69) is 18.3 Å². The zero-order chi connectivity index (χ0) is 10.6. The molecule has 1 aromatic rings. The highest BCUT2D eigenvalue weighted by Gasteiger charge is 2.06. The van der Waals surface area contributed by atoms with Crippen molar-refractivity contribution in [3.05, 3.63) is 21.9 Å². The van der Waals surface area contributed by atoms with Gasteiger partial charge in [-0.1, -0.05) is 0 Å². The average Bonchev–Trinajstić information content (AvgIpc) is 2.59. The Kier molecular flexibility index (Phi) is 3.95. The van der Waals surface area contributed by atoms with Crippen LogP contribution in [0.5, 0.6) is 0 Å². The average molecular weight is 212 g/mol. The Morgan fingerprint density at radius 2 is 2.36 bits per heavy atom. The molecule has 4 heteroatoms. The first kappa shape index (κ1) is 11.0. The van der Waals surface area contributed by atoms with Gasteiger partial charge in [0.2, 0.25) is 0 Å². The predicted octanol–water partition coefficient (Wildman–Crippen LogP) is 2.22. The second kappa shape index (κ2) is 5.00. The van der Waals surface area contributed by atoms with Gasteiger partial charge in [0.1, 0.15) is 0 Å². The van der Waals surface area contributed by atoms with E-state index in [-0.39, 0.29) is 6.03 Å². The molecule has 0 aliphatic heterocycles. The molecule has 1 N–H and O–H groups in total. The molecule has 0 fully saturated rings. The summed E-state index contributed by atoms with van der Waals surface area (Å²) in [5, 5.41) is 4.92. The van der Waals surface area contributed by atoms with E-state index >= 15 is 0 Å². The van der Waals surface area contributed by atoms with Crippen molar-refractivity contribution >= 4 is 17.4 Å². The Morgan fingerprint density at radius 3 is 2.86 bits per heavy atom. The molecule has 0 saturated carbocycles. The number of hydrogen-bond donors (Lipinski definition) is 1. The Morgan fingerprint density at radius 1 is 1.64 bits per heavy atom. The van der Waals surface area contributed by atoms with Crippen LogP contribution in [0.15, 0.2) is 11.4 Å². The molecule has 0 aromatic carbocycles. The normalized spacial score (nSPS) is 9.93. The zero-order valence-corrected chi connectivity index (χ0v) is 9.65. The van der Waals surface area contributed by atoms with E-state index in [0.29, 0.717) is 6.54 Å². The Balaban J connectivity index is 2.41. The van der Waals surface area contributed by atoms with Crippen molar-refractivity contribution in [1.82, 2.24) is 10.2 Å². The van der Waals surface area contributed by atoms with Crippen LogP contribution in [0, 0.1) is 6.92 Å². The van der Waals surface area contributed by atoms with Crippen LogP contribution in [-0.4, -0.2) is 24.5 Å². The molecular formula is C10H16N2OS. The lowest BCUT2D eigenvalue weighted by molar-refractivity contribution is 0.210. The van der Waals surface area contributed by atoms with Gasteiger partial charge in [0, 0.05) is 18.5 Å². The number of urea groups is 1. The second-order valence-electron chi connectivity index (χ2n) is 3.20. The van der Waals surface area contributed by atoms with Gasteiger partial charge in [0.25, 0.3) is 0 Å². The van der Waals surface area contributed by atoms with Crippen molar-refractivity contribution in [2.45, 2.75) is 20.4 Å². The van der Waals surface area contributed by atoms with Gasteiger partial charge < -0.3 is 10.2 Å². The van der Waals surface area contributed by atoms with Crippen molar-refractivity contribution in [2.75, 3.05) is 13.6 Å². The number of rotatable bonds is 3. The summed E-state index contributed by atoms with van der Waals surface area (Å²) in [6.07, 6.45) is 0. The van der Waals surface area contributed by atoms with Crippen LogP contribution >= 0.6 is 11.3 Å². The number of thiophene rings is 1. The molecule has 2 amide bonds. The van der Waals surface area contributed by atoms with Gasteiger partial charge in [0.15, 0.2) is 0 Å². The quantitative estimate of drug-likeness (QED) is 0.818. The molecule has 0 atom stereocenters. The van der Waals surface area contributed by atoms with Crippen LogP contribution in [0.2, 0.25) is 0 Å². The highest BCUT2D eigenvalue weighted by atomic mass is 32.1. The van der Waals surface area contributed by atoms with E-state index in [4.69, 9.17) is 0 Å². The first-order valence-corrected chi connectivity index (χ1v) is 5.55. The molecule has 0 saturated heterocycles. The third kappa shape index (κ3) is 2.73. The summed E-state index contributed by atoms with van der Waals surface area (Å²) in [6.45, 7) is 5.37. The highest BCUT2D eigenvalue weighted by Crippen LogP contribution is 2.14. The molecular weight excluding hydrogens is 196 g/mol. The summed E-state index contributed by atoms with van der Waals surface area (Å²) in [4.78, 5) is 14.3. The summed E-state index contributed by atoms with van der Waals surface area (Å²) >= 11 is 1.68. The Hall–Kier alpha value is -1.03. The molecule has 0 bridgehead atoms. The molecule has 1 rings (SSSR count). The maximum Gasteiger partial charge on any atom is 0.317 e. The molecule has 0 aliphatic carbocycles. The first-order chi connectivity index (χ1) is 6.65. The van der Waals surface area contributed by atoms with Gasteiger partial charge in [0.05, 0.1) is 6.54 Å². The third-order valence-electron chi connectivity index (χ3n) is 2.19. The number of nitrogens with zero attached hydrogens (tertiary/aromatic N) is 1. The summed E-state index contributed by atoms with van der Waals surface area (Å²) < 4.78 is 0. The molecule has 3 nitrogen and oxygen atoms in total. The van der Waals surface area contributed by atoms with Gasteiger partial charge >= 0.3 is 6.03 Å². The topological polar surface area (TPSA) is 32.3 Å². The van der Waals surface area contributed by atoms with Gasteiger partial charge in [-0.25, -0.2) is 4.79 Å². The van der Waals surface area contributed by atoms with Gasteiger partial charge in [-0.15, -0.1) is 11.3 Å². The number of amides is 2. The standard InChI is InChI=1S/C10H16N2OS/c1-4-12(3)10(13)11-7-9-8(2)5-6-14-9/h5-6H,4,7H2,1-3H3,(H,11,13). The maximum absolute atomic E-state index is 11.4. The van der Waals surface area contributed by atoms with E-state index in [9.17, 15) is 4.79 Å². The molecule has 14 heavy (non-hydrogen) atoms. The smallest absolute Gasteiger partial charge is 0.317 e. The second-order valence-corrected chi connectivity index (χ2v) is 4.20. The minimum absolute atomic E-state index is 0.0136. The van der Waals surface area contributed by atoms with Crippen LogP contribution in [0.1, 0.15) is 17.4 Å². The third-order valence-corrected chi connectivity index (χ3v) is 3.21. The lowest BCUT2D eigenvalue weighted by Gasteiger charge is -2.15. The molecule has 0 aliphatic rings. The first-order valence-electron chi connectivity index (χ1n) is 4.67. The lowest BCUT2D eigenvalue weighted by atomic mass is 10.3. The van der Waals surface area contributed by atoms with E-state index in [0.717, 1.165) is 6.54 Å². The molecule has 0 spiro atoms. The summed E-state index contributed by atoms with van der Waals surface area (Å²) in [5.74, 6) is 0. The summed E-state index contributed by atoms with van der Waals surface area (Å²) in [6, 6.07) is 2.05. The Bertz CT molecular complexity index is 309. The molecule has 78 valence electrons. The van der Waals surface area contributed by atoms with Gasteiger partial charge in [-0.2, -0.15) is 0 Å². The fraction of sp³-hybridized carbons (Fsp3) is 0.500. The molecule has 1 heterocycles. The van der Waals surface area contributed by atoms with Gasteiger partial charge in [-0.05, 0) is 30.9 Å². The maximum atomic E-state index is 11.4. The van der Waals surface area contributed by atoms with E-state index in [1.54, 1.807) is 23.3 Å².